The minimum Gasteiger partial charge on any atom is -0.372 e. The van der Waals surface area contributed by atoms with Crippen molar-refractivity contribution in [2.24, 2.45) is 0 Å². The van der Waals surface area contributed by atoms with Gasteiger partial charge in [0.25, 0.3) is 15.7 Å². The molecule has 0 radical (unpaired) electrons. The topological polar surface area (TPSA) is 92.5 Å². The van der Waals surface area contributed by atoms with Crippen LogP contribution < -0.4 is 9.62 Å². The van der Waals surface area contributed by atoms with Gasteiger partial charge in [-0.15, -0.1) is 0 Å². The van der Waals surface area contributed by atoms with E-state index in [1.807, 2.05) is 12.1 Å². The Balaban J connectivity index is 1.76. The van der Waals surface area contributed by atoms with E-state index in [0.29, 0.717) is 5.69 Å². The molecule has 1 heterocycles. The minimum atomic E-state index is -3.88. The van der Waals surface area contributed by atoms with Gasteiger partial charge in [-0.3, -0.25) is 14.8 Å². The summed E-state index contributed by atoms with van der Waals surface area (Å²) in [6.07, 6.45) is 3.58. The zero-order chi connectivity index (χ0) is 17.9. The van der Waals surface area contributed by atoms with E-state index in [9.17, 15) is 18.5 Å². The summed E-state index contributed by atoms with van der Waals surface area (Å²) in [5, 5.41) is 10.8. The summed E-state index contributed by atoms with van der Waals surface area (Å²) in [7, 11) is -3.88. The first-order valence-electron chi connectivity index (χ1n) is 8.08. The van der Waals surface area contributed by atoms with Crippen molar-refractivity contribution >= 4 is 27.1 Å². The Morgan fingerprint density at radius 1 is 1.00 bits per heavy atom. The number of nitrogens with zero attached hydrogens (tertiary/aromatic N) is 2. The third-order valence-electron chi connectivity index (χ3n) is 4.18. The highest BCUT2D eigenvalue weighted by Crippen LogP contribution is 2.24. The van der Waals surface area contributed by atoms with Gasteiger partial charge in [-0.1, -0.05) is 6.07 Å². The smallest absolute Gasteiger partial charge is 0.270 e. The highest BCUT2D eigenvalue weighted by atomic mass is 32.2. The molecule has 3 rings (SSSR count). The molecule has 0 amide bonds. The Morgan fingerprint density at radius 3 is 2.32 bits per heavy atom. The van der Waals surface area contributed by atoms with Crippen molar-refractivity contribution in [3.05, 3.63) is 58.6 Å². The van der Waals surface area contributed by atoms with Crippen molar-refractivity contribution in [1.29, 1.82) is 0 Å². The Morgan fingerprint density at radius 2 is 1.68 bits per heavy atom. The predicted molar refractivity (Wildman–Crippen MR) is 96.4 cm³/mol. The molecule has 2 aromatic rings. The first kappa shape index (κ1) is 17.2. The number of non-ortho nitro benzene ring substituents is 1. The van der Waals surface area contributed by atoms with Crippen LogP contribution >= 0.6 is 0 Å². The first-order valence-corrected chi connectivity index (χ1v) is 9.56. The fourth-order valence-corrected chi connectivity index (χ4v) is 3.97. The molecule has 8 heteroatoms. The second kappa shape index (κ2) is 7.10. The van der Waals surface area contributed by atoms with Gasteiger partial charge in [0, 0.05) is 36.6 Å². The van der Waals surface area contributed by atoms with Crippen LogP contribution in [-0.4, -0.2) is 26.4 Å². The number of hydrogen-bond acceptors (Lipinski definition) is 5. The van der Waals surface area contributed by atoms with Crippen molar-refractivity contribution < 1.29 is 13.3 Å². The fourth-order valence-electron chi connectivity index (χ4n) is 2.87. The molecule has 0 saturated carbocycles. The van der Waals surface area contributed by atoms with Gasteiger partial charge in [-0.25, -0.2) is 8.42 Å². The maximum Gasteiger partial charge on any atom is 0.270 e. The molecule has 1 saturated heterocycles. The van der Waals surface area contributed by atoms with E-state index in [0.717, 1.165) is 24.8 Å². The lowest BCUT2D eigenvalue weighted by molar-refractivity contribution is -0.385. The van der Waals surface area contributed by atoms with Gasteiger partial charge < -0.3 is 4.90 Å². The molecule has 0 bridgehead atoms. The van der Waals surface area contributed by atoms with Gasteiger partial charge in [0.15, 0.2) is 0 Å². The second-order valence-corrected chi connectivity index (χ2v) is 7.64. The largest absolute Gasteiger partial charge is 0.372 e. The number of nitro benzene ring substituents is 1. The lowest BCUT2D eigenvalue weighted by Gasteiger charge is -2.28. The average Bonchev–Trinajstić information content (AvgIpc) is 2.63. The number of sulfonamides is 1. The van der Waals surface area contributed by atoms with Crippen LogP contribution in [0.5, 0.6) is 0 Å². The molecule has 0 aliphatic carbocycles. The van der Waals surface area contributed by atoms with E-state index in [-0.39, 0.29) is 10.6 Å². The normalized spacial score (nSPS) is 15.0. The quantitative estimate of drug-likeness (QED) is 0.651. The van der Waals surface area contributed by atoms with E-state index in [2.05, 4.69) is 9.62 Å². The van der Waals surface area contributed by atoms with Crippen molar-refractivity contribution in [1.82, 2.24) is 0 Å². The van der Waals surface area contributed by atoms with Crippen molar-refractivity contribution in [2.45, 2.75) is 24.2 Å². The number of rotatable bonds is 5. The highest BCUT2D eigenvalue weighted by molar-refractivity contribution is 7.92. The van der Waals surface area contributed by atoms with E-state index in [1.54, 1.807) is 12.1 Å². The summed E-state index contributed by atoms with van der Waals surface area (Å²) in [6, 6.07) is 12.2. The Kier molecular flexibility index (Phi) is 4.89. The molecule has 0 spiro atoms. The fraction of sp³-hybridized carbons (Fsp3) is 0.294. The van der Waals surface area contributed by atoms with Crippen LogP contribution in [0.4, 0.5) is 17.1 Å². The summed E-state index contributed by atoms with van der Waals surface area (Å²) in [5.41, 5.74) is 1.23. The molecule has 0 unspecified atom stereocenters. The second-order valence-electron chi connectivity index (χ2n) is 5.95. The van der Waals surface area contributed by atoms with E-state index >= 15 is 0 Å². The molecule has 132 valence electrons. The van der Waals surface area contributed by atoms with Crippen LogP contribution in [0.1, 0.15) is 19.3 Å². The molecular formula is C17H19N3O4S. The van der Waals surface area contributed by atoms with Crippen molar-refractivity contribution in [3.63, 3.8) is 0 Å². The highest BCUT2D eigenvalue weighted by Gasteiger charge is 2.18. The van der Waals surface area contributed by atoms with Crippen LogP contribution in [0, 0.1) is 10.1 Å². The molecule has 1 fully saturated rings. The number of nitro groups is 1. The molecule has 25 heavy (non-hydrogen) atoms. The van der Waals surface area contributed by atoms with Crippen LogP contribution in [0.3, 0.4) is 0 Å². The first-order chi connectivity index (χ1) is 12.0. The molecule has 2 aromatic carbocycles. The number of anilines is 2. The maximum absolute atomic E-state index is 12.4. The van der Waals surface area contributed by atoms with Crippen LogP contribution in [0.2, 0.25) is 0 Å². The minimum absolute atomic E-state index is 0.137. The standard InChI is InChI=1S/C17H19N3O4S/c21-20(22)16-5-4-6-17(13-16)25(23,24)18-14-7-9-15(10-8-14)19-11-2-1-3-12-19/h4-10,13,18H,1-3,11-12H2. The number of piperidine rings is 1. The number of nitrogens with one attached hydrogen (secondary N) is 1. The van der Waals surface area contributed by atoms with Gasteiger partial charge in [-0.2, -0.15) is 0 Å². The third-order valence-corrected chi connectivity index (χ3v) is 5.56. The van der Waals surface area contributed by atoms with Gasteiger partial charge >= 0.3 is 0 Å². The Labute approximate surface area is 146 Å². The molecular weight excluding hydrogens is 342 g/mol. The summed E-state index contributed by atoms with van der Waals surface area (Å²) in [5.74, 6) is 0. The van der Waals surface area contributed by atoms with Crippen LogP contribution in [0.15, 0.2) is 53.4 Å². The zero-order valence-corrected chi connectivity index (χ0v) is 14.4. The summed E-state index contributed by atoms with van der Waals surface area (Å²) >= 11 is 0. The van der Waals surface area contributed by atoms with Crippen molar-refractivity contribution in [2.75, 3.05) is 22.7 Å². The van der Waals surface area contributed by atoms with Gasteiger partial charge in [0.1, 0.15) is 0 Å². The van der Waals surface area contributed by atoms with Gasteiger partial charge in [0.2, 0.25) is 0 Å². The van der Waals surface area contributed by atoms with Crippen LogP contribution in [-0.2, 0) is 10.0 Å². The Bertz CT molecular complexity index is 860. The molecule has 1 N–H and O–H groups in total. The Hall–Kier alpha value is -2.61. The summed E-state index contributed by atoms with van der Waals surface area (Å²) in [6.45, 7) is 2.03. The maximum atomic E-state index is 12.4. The SMILES string of the molecule is O=[N+]([O-])c1cccc(S(=O)(=O)Nc2ccc(N3CCCCC3)cc2)c1. The monoisotopic (exact) mass is 361 g/mol. The molecule has 0 atom stereocenters. The van der Waals surface area contributed by atoms with Crippen LogP contribution in [0.25, 0.3) is 0 Å². The average molecular weight is 361 g/mol. The predicted octanol–water partition coefficient (Wildman–Crippen LogP) is 3.39. The van der Waals surface area contributed by atoms with E-state index in [4.69, 9.17) is 0 Å². The van der Waals surface area contributed by atoms with Crippen molar-refractivity contribution in [3.8, 4) is 0 Å². The molecule has 0 aromatic heterocycles. The van der Waals surface area contributed by atoms with E-state index < -0.39 is 14.9 Å². The zero-order valence-electron chi connectivity index (χ0n) is 13.6. The van der Waals surface area contributed by atoms with Gasteiger partial charge in [0.05, 0.1) is 9.82 Å². The molecule has 1 aliphatic heterocycles. The molecule has 1 aliphatic rings. The lowest BCUT2D eigenvalue weighted by Crippen LogP contribution is -2.29. The van der Waals surface area contributed by atoms with Gasteiger partial charge in [-0.05, 0) is 49.6 Å². The molecule has 7 nitrogen and oxygen atoms in total. The van der Waals surface area contributed by atoms with E-state index in [1.165, 1.54) is 37.5 Å². The summed E-state index contributed by atoms with van der Waals surface area (Å²) in [4.78, 5) is 12.3. The third kappa shape index (κ3) is 4.08. The summed E-state index contributed by atoms with van der Waals surface area (Å²) < 4.78 is 27.3. The number of benzene rings is 2. The number of hydrogen-bond donors (Lipinski definition) is 1. The lowest BCUT2D eigenvalue weighted by atomic mass is 10.1.